The van der Waals surface area contributed by atoms with Crippen LogP contribution in [0.1, 0.15) is 18.9 Å². The average molecular weight is 287 g/mol. The van der Waals surface area contributed by atoms with E-state index in [0.29, 0.717) is 25.1 Å². The van der Waals surface area contributed by atoms with Gasteiger partial charge in [0.1, 0.15) is 6.07 Å². The predicted octanol–water partition coefficient (Wildman–Crippen LogP) is 1.41. The van der Waals surface area contributed by atoms with Crippen LogP contribution in [0.4, 0.5) is 5.69 Å². The van der Waals surface area contributed by atoms with Crippen molar-refractivity contribution in [3.05, 3.63) is 29.8 Å². The number of nitrogens with zero attached hydrogens (tertiary/aromatic N) is 2. The molecule has 0 fully saturated rings. The molecule has 0 aliphatic heterocycles. The van der Waals surface area contributed by atoms with E-state index in [-0.39, 0.29) is 11.7 Å². The summed E-state index contributed by atoms with van der Waals surface area (Å²) in [5, 5.41) is 19.5. The van der Waals surface area contributed by atoms with E-state index in [9.17, 15) is 4.79 Å². The zero-order valence-corrected chi connectivity index (χ0v) is 11.7. The maximum absolute atomic E-state index is 11.2. The lowest BCUT2D eigenvalue weighted by Crippen LogP contribution is -2.21. The van der Waals surface area contributed by atoms with Crippen molar-refractivity contribution in [3.8, 4) is 6.07 Å². The van der Waals surface area contributed by atoms with Gasteiger partial charge in [0.05, 0.1) is 12.3 Å². The third kappa shape index (κ3) is 5.74. The van der Waals surface area contributed by atoms with E-state index in [1.165, 1.54) is 0 Å². The second-order valence-electron chi connectivity index (χ2n) is 4.10. The van der Waals surface area contributed by atoms with Crippen molar-refractivity contribution in [2.45, 2.75) is 19.8 Å². The molecule has 1 rings (SSSR count). The zero-order valence-electron chi connectivity index (χ0n) is 11.7. The van der Waals surface area contributed by atoms with Gasteiger partial charge in [-0.1, -0.05) is 12.1 Å². The third-order valence-corrected chi connectivity index (χ3v) is 2.53. The number of hydrogen-bond donors (Lipinski definition) is 3. The normalized spacial score (nSPS) is 10.6. The number of hydrogen-bond acceptors (Lipinski definition) is 6. The van der Waals surface area contributed by atoms with Gasteiger partial charge in [0.15, 0.2) is 5.84 Å². The zero-order chi connectivity index (χ0) is 15.7. The molecule has 0 radical (unpaired) electrons. The van der Waals surface area contributed by atoms with Crippen LogP contribution in [0.5, 0.6) is 0 Å². The molecule has 110 valence electrons. The number of ether oxygens (including phenoxy) is 1. The van der Waals surface area contributed by atoms with Crippen molar-refractivity contribution in [2.24, 2.45) is 10.8 Å². The number of nitriles is 1. The summed E-state index contributed by atoms with van der Waals surface area (Å²) in [6.07, 6.45) is 0.932. The molecular weight excluding hydrogens is 270 g/mol. The number of esters is 1. The molecule has 0 aliphatic carbocycles. The van der Waals surface area contributed by atoms with Gasteiger partial charge in [-0.25, -0.2) is 0 Å². The van der Waals surface area contributed by atoms with Gasteiger partial charge in [0, 0.05) is 6.42 Å². The maximum Gasteiger partial charge on any atom is 0.306 e. The molecule has 0 aromatic heterocycles. The van der Waals surface area contributed by atoms with Crippen molar-refractivity contribution in [1.29, 1.82) is 10.7 Å². The molecular formula is C14H17N5O2. The molecule has 0 unspecified atom stereocenters. The smallest absolute Gasteiger partial charge is 0.306 e. The molecule has 21 heavy (non-hydrogen) atoms. The largest absolute Gasteiger partial charge is 0.466 e. The molecule has 1 aromatic rings. The first kappa shape index (κ1) is 16.2. The number of aryl methyl sites for hydroxylation is 1. The molecule has 0 saturated carbocycles. The van der Waals surface area contributed by atoms with E-state index < -0.39 is 5.84 Å². The van der Waals surface area contributed by atoms with E-state index in [0.717, 1.165) is 5.56 Å². The van der Waals surface area contributed by atoms with E-state index in [2.05, 4.69) is 10.5 Å². The monoisotopic (exact) mass is 287 g/mol. The van der Waals surface area contributed by atoms with Crippen LogP contribution < -0.4 is 11.2 Å². The van der Waals surface area contributed by atoms with Gasteiger partial charge < -0.3 is 10.5 Å². The first-order valence-corrected chi connectivity index (χ1v) is 6.39. The average Bonchev–Trinajstić information content (AvgIpc) is 2.47. The van der Waals surface area contributed by atoms with Gasteiger partial charge in [-0.15, -0.1) is 0 Å². The highest BCUT2D eigenvalue weighted by Gasteiger charge is 2.03. The van der Waals surface area contributed by atoms with Gasteiger partial charge in [-0.05, 0) is 31.0 Å². The lowest BCUT2D eigenvalue weighted by molar-refractivity contribution is -0.143. The Hall–Kier alpha value is -2.88. The van der Waals surface area contributed by atoms with Crippen molar-refractivity contribution in [1.82, 2.24) is 0 Å². The van der Waals surface area contributed by atoms with Crippen LogP contribution >= 0.6 is 0 Å². The Bertz CT molecular complexity index is 572. The first-order valence-electron chi connectivity index (χ1n) is 6.39. The van der Waals surface area contributed by atoms with Gasteiger partial charge >= 0.3 is 5.97 Å². The van der Waals surface area contributed by atoms with Crippen LogP contribution in [0.25, 0.3) is 0 Å². The van der Waals surface area contributed by atoms with Gasteiger partial charge in [-0.2, -0.15) is 10.4 Å². The SMILES string of the molecule is CCOC(=O)CCc1ccc(N/N=C(\C#N)C(=N)N)cc1. The minimum atomic E-state index is -0.393. The van der Waals surface area contributed by atoms with Crippen LogP contribution in [0.3, 0.4) is 0 Å². The van der Waals surface area contributed by atoms with Gasteiger partial charge in [0.25, 0.3) is 0 Å². The highest BCUT2D eigenvalue weighted by Crippen LogP contribution is 2.11. The number of hydrazone groups is 1. The lowest BCUT2D eigenvalue weighted by Gasteiger charge is -2.04. The highest BCUT2D eigenvalue weighted by atomic mass is 16.5. The summed E-state index contributed by atoms with van der Waals surface area (Å²) >= 11 is 0. The third-order valence-electron chi connectivity index (χ3n) is 2.53. The topological polar surface area (TPSA) is 124 Å². The van der Waals surface area contributed by atoms with E-state index >= 15 is 0 Å². The summed E-state index contributed by atoms with van der Waals surface area (Å²) in [5.41, 5.74) is 9.28. The lowest BCUT2D eigenvalue weighted by atomic mass is 10.1. The van der Waals surface area contributed by atoms with Crippen LogP contribution in [-0.4, -0.2) is 24.1 Å². The summed E-state index contributed by atoms with van der Waals surface area (Å²) in [7, 11) is 0. The van der Waals surface area contributed by atoms with Crippen molar-refractivity contribution >= 4 is 23.2 Å². The van der Waals surface area contributed by atoms with E-state index in [1.54, 1.807) is 25.1 Å². The number of rotatable bonds is 7. The van der Waals surface area contributed by atoms with E-state index in [1.807, 2.05) is 12.1 Å². The number of amidine groups is 1. The molecule has 0 amide bonds. The molecule has 7 heteroatoms. The van der Waals surface area contributed by atoms with Crippen LogP contribution in [0.15, 0.2) is 29.4 Å². The Morgan fingerprint density at radius 2 is 2.14 bits per heavy atom. The Morgan fingerprint density at radius 3 is 2.67 bits per heavy atom. The van der Waals surface area contributed by atoms with Crippen molar-refractivity contribution in [3.63, 3.8) is 0 Å². The fourth-order valence-electron chi connectivity index (χ4n) is 1.49. The molecule has 0 aliphatic rings. The van der Waals surface area contributed by atoms with Crippen LogP contribution in [-0.2, 0) is 16.0 Å². The summed E-state index contributed by atoms with van der Waals surface area (Å²) in [5.74, 6) is -0.611. The quantitative estimate of drug-likeness (QED) is 0.302. The number of nitrogens with two attached hydrogens (primary N) is 1. The number of anilines is 1. The Morgan fingerprint density at radius 1 is 1.48 bits per heavy atom. The Labute approximate surface area is 122 Å². The second-order valence-corrected chi connectivity index (χ2v) is 4.10. The summed E-state index contributed by atoms with van der Waals surface area (Å²) < 4.78 is 4.86. The Kier molecular flexibility index (Phi) is 6.41. The van der Waals surface area contributed by atoms with Crippen LogP contribution in [0, 0.1) is 16.7 Å². The molecule has 4 N–H and O–H groups in total. The highest BCUT2D eigenvalue weighted by molar-refractivity contribution is 6.45. The second kappa shape index (κ2) is 8.32. The maximum atomic E-state index is 11.2. The summed E-state index contributed by atoms with van der Waals surface area (Å²) in [6, 6.07) is 8.93. The number of benzene rings is 1. The number of nitrogens with one attached hydrogen (secondary N) is 2. The first-order chi connectivity index (χ1) is 10.1. The number of carbonyl (C=O) groups is 1. The van der Waals surface area contributed by atoms with Gasteiger partial charge in [0.2, 0.25) is 5.71 Å². The molecule has 0 spiro atoms. The fourth-order valence-corrected chi connectivity index (χ4v) is 1.49. The number of carbonyl (C=O) groups excluding carboxylic acids is 1. The predicted molar refractivity (Wildman–Crippen MR) is 80.0 cm³/mol. The van der Waals surface area contributed by atoms with E-state index in [4.69, 9.17) is 21.1 Å². The minimum Gasteiger partial charge on any atom is -0.466 e. The summed E-state index contributed by atoms with van der Waals surface area (Å²) in [4.78, 5) is 11.2. The van der Waals surface area contributed by atoms with Crippen molar-refractivity contribution in [2.75, 3.05) is 12.0 Å². The molecule has 0 heterocycles. The molecule has 0 saturated heterocycles. The van der Waals surface area contributed by atoms with Crippen molar-refractivity contribution < 1.29 is 9.53 Å². The Balaban J connectivity index is 2.57. The molecule has 0 bridgehead atoms. The minimum absolute atomic E-state index is 0.179. The van der Waals surface area contributed by atoms with Crippen LogP contribution in [0.2, 0.25) is 0 Å². The fraction of sp³-hybridized carbons (Fsp3) is 0.286. The molecule has 0 atom stereocenters. The van der Waals surface area contributed by atoms with Gasteiger partial charge in [-0.3, -0.25) is 15.6 Å². The molecule has 7 nitrogen and oxygen atoms in total. The summed E-state index contributed by atoms with van der Waals surface area (Å²) in [6.45, 7) is 2.16. The molecule has 1 aromatic carbocycles. The standard InChI is InChI=1S/C14H17N5O2/c1-2-21-13(20)8-5-10-3-6-11(7-4-10)18-19-12(9-15)14(16)17/h3-4,6-7,18H,2,5,8H2,1H3,(H3,16,17)/b19-12+.